The van der Waals surface area contributed by atoms with Gasteiger partial charge in [0.1, 0.15) is 0 Å². The Kier molecular flexibility index (Phi) is 2.61. The zero-order valence-corrected chi connectivity index (χ0v) is 8.57. The monoisotopic (exact) mass is 184 g/mol. The molecule has 1 saturated carbocycles. The summed E-state index contributed by atoms with van der Waals surface area (Å²) in [7, 11) is 0. The zero-order chi connectivity index (χ0) is 9.42. The Labute approximate surface area is 80.3 Å². The molecule has 0 amide bonds. The quantitative estimate of drug-likeness (QED) is 0.672. The van der Waals surface area contributed by atoms with E-state index < -0.39 is 0 Å². The summed E-state index contributed by atoms with van der Waals surface area (Å²) >= 11 is 0. The molecule has 1 N–H and O–H groups in total. The van der Waals surface area contributed by atoms with Gasteiger partial charge in [0.15, 0.2) is 0 Å². The number of fused-ring (bicyclic) bond motifs is 2. The molecule has 2 nitrogen and oxygen atoms in total. The Morgan fingerprint density at radius 2 is 1.69 bits per heavy atom. The highest BCUT2D eigenvalue weighted by Crippen LogP contribution is 2.40. The molecule has 1 aliphatic heterocycles. The summed E-state index contributed by atoms with van der Waals surface area (Å²) in [6.07, 6.45) is 2.24. The van der Waals surface area contributed by atoms with Crippen LogP contribution in [0.15, 0.2) is 0 Å². The average molecular weight is 184 g/mol. The third kappa shape index (κ3) is 1.75. The van der Waals surface area contributed by atoms with E-state index >= 15 is 0 Å². The SMILES string of the molecule is CC(C)C1CC2COCC(C1)C2O. The van der Waals surface area contributed by atoms with E-state index in [1.54, 1.807) is 0 Å². The lowest BCUT2D eigenvalue weighted by molar-refractivity contribution is -0.120. The van der Waals surface area contributed by atoms with Crippen LogP contribution in [-0.2, 0) is 4.74 Å². The molecule has 0 aromatic carbocycles. The second-order valence-electron chi connectivity index (χ2n) is 5.02. The first-order valence-corrected chi connectivity index (χ1v) is 5.44. The first-order valence-electron chi connectivity index (χ1n) is 5.44. The highest BCUT2D eigenvalue weighted by atomic mass is 16.5. The zero-order valence-electron chi connectivity index (χ0n) is 8.57. The molecule has 0 aromatic heterocycles. The molecule has 76 valence electrons. The predicted octanol–water partition coefficient (Wildman–Crippen LogP) is 1.68. The number of rotatable bonds is 1. The topological polar surface area (TPSA) is 29.5 Å². The maximum Gasteiger partial charge on any atom is 0.0640 e. The van der Waals surface area contributed by atoms with Gasteiger partial charge in [-0.1, -0.05) is 13.8 Å². The number of aliphatic hydroxyl groups is 1. The lowest BCUT2D eigenvalue weighted by Gasteiger charge is -2.44. The van der Waals surface area contributed by atoms with E-state index in [1.807, 2.05) is 0 Å². The van der Waals surface area contributed by atoms with Crippen LogP contribution in [0.5, 0.6) is 0 Å². The molecule has 0 aromatic rings. The van der Waals surface area contributed by atoms with Crippen LogP contribution in [0, 0.1) is 23.7 Å². The van der Waals surface area contributed by atoms with Gasteiger partial charge in [-0.2, -0.15) is 0 Å². The number of aliphatic hydroxyl groups excluding tert-OH is 1. The van der Waals surface area contributed by atoms with Gasteiger partial charge in [-0.3, -0.25) is 0 Å². The summed E-state index contributed by atoms with van der Waals surface area (Å²) in [4.78, 5) is 0. The summed E-state index contributed by atoms with van der Waals surface area (Å²) in [6, 6.07) is 0. The third-order valence-electron chi connectivity index (χ3n) is 3.78. The normalized spacial score (nSPS) is 45.2. The van der Waals surface area contributed by atoms with Gasteiger partial charge in [-0.05, 0) is 24.7 Å². The van der Waals surface area contributed by atoms with Gasteiger partial charge in [0.2, 0.25) is 0 Å². The molecule has 2 heteroatoms. The largest absolute Gasteiger partial charge is 0.392 e. The smallest absolute Gasteiger partial charge is 0.0640 e. The lowest BCUT2D eigenvalue weighted by atomic mass is 9.69. The van der Waals surface area contributed by atoms with Crippen molar-refractivity contribution >= 4 is 0 Å². The summed E-state index contributed by atoms with van der Waals surface area (Å²) in [5, 5.41) is 9.91. The van der Waals surface area contributed by atoms with Crippen LogP contribution in [0.1, 0.15) is 26.7 Å². The Bertz CT molecular complexity index is 165. The molecule has 2 fully saturated rings. The van der Waals surface area contributed by atoms with Gasteiger partial charge >= 0.3 is 0 Å². The molecule has 2 atom stereocenters. The van der Waals surface area contributed by atoms with E-state index in [0.717, 1.165) is 37.9 Å². The minimum Gasteiger partial charge on any atom is -0.392 e. The Balaban J connectivity index is 2.03. The standard InChI is InChI=1S/C11H20O2/c1-7(2)8-3-9-5-13-6-10(4-8)11(9)12/h7-12H,3-6H2,1-2H3. The average Bonchev–Trinajstić information content (AvgIpc) is 2.02. The van der Waals surface area contributed by atoms with Crippen molar-refractivity contribution in [1.82, 2.24) is 0 Å². The van der Waals surface area contributed by atoms with Crippen molar-refractivity contribution in [3.63, 3.8) is 0 Å². The first-order chi connectivity index (χ1) is 6.18. The van der Waals surface area contributed by atoms with Crippen LogP contribution < -0.4 is 0 Å². The van der Waals surface area contributed by atoms with Crippen molar-refractivity contribution in [3.05, 3.63) is 0 Å². The maximum absolute atomic E-state index is 9.91. The first kappa shape index (κ1) is 9.47. The van der Waals surface area contributed by atoms with Crippen molar-refractivity contribution in [2.45, 2.75) is 32.8 Å². The summed E-state index contributed by atoms with van der Waals surface area (Å²) in [6.45, 7) is 6.14. The van der Waals surface area contributed by atoms with Crippen LogP contribution in [0.4, 0.5) is 0 Å². The predicted molar refractivity (Wildman–Crippen MR) is 51.4 cm³/mol. The van der Waals surface area contributed by atoms with Crippen LogP contribution in [0.2, 0.25) is 0 Å². The highest BCUT2D eigenvalue weighted by molar-refractivity contribution is 4.89. The fourth-order valence-electron chi connectivity index (χ4n) is 2.79. The van der Waals surface area contributed by atoms with Gasteiger partial charge in [0, 0.05) is 11.8 Å². The number of hydrogen-bond acceptors (Lipinski definition) is 2. The van der Waals surface area contributed by atoms with Crippen LogP contribution in [-0.4, -0.2) is 24.4 Å². The second kappa shape index (κ2) is 3.58. The molecule has 0 radical (unpaired) electrons. The molecule has 2 rings (SSSR count). The van der Waals surface area contributed by atoms with Gasteiger partial charge in [-0.15, -0.1) is 0 Å². The summed E-state index contributed by atoms with van der Waals surface area (Å²) in [5.41, 5.74) is 0. The number of ether oxygens (including phenoxy) is 1. The summed E-state index contributed by atoms with van der Waals surface area (Å²) < 4.78 is 5.47. The molecule has 1 saturated heterocycles. The second-order valence-corrected chi connectivity index (χ2v) is 5.02. The third-order valence-corrected chi connectivity index (χ3v) is 3.78. The van der Waals surface area contributed by atoms with Crippen molar-refractivity contribution in [3.8, 4) is 0 Å². The molecule has 1 aliphatic carbocycles. The van der Waals surface area contributed by atoms with Crippen molar-refractivity contribution in [2.75, 3.05) is 13.2 Å². The van der Waals surface area contributed by atoms with Crippen LogP contribution >= 0.6 is 0 Å². The molecular weight excluding hydrogens is 164 g/mol. The minimum absolute atomic E-state index is 0.0799. The summed E-state index contributed by atoms with van der Waals surface area (Å²) in [5.74, 6) is 2.40. The van der Waals surface area contributed by atoms with E-state index in [9.17, 15) is 5.11 Å². The van der Waals surface area contributed by atoms with Crippen LogP contribution in [0.25, 0.3) is 0 Å². The molecule has 2 aliphatic rings. The molecule has 0 spiro atoms. The molecule has 13 heavy (non-hydrogen) atoms. The van der Waals surface area contributed by atoms with Crippen molar-refractivity contribution < 1.29 is 9.84 Å². The van der Waals surface area contributed by atoms with Gasteiger partial charge < -0.3 is 9.84 Å². The lowest BCUT2D eigenvalue weighted by Crippen LogP contribution is -2.46. The fourth-order valence-corrected chi connectivity index (χ4v) is 2.79. The molecule has 2 bridgehead atoms. The molecular formula is C11H20O2. The highest BCUT2D eigenvalue weighted by Gasteiger charge is 2.40. The minimum atomic E-state index is -0.0799. The Hall–Kier alpha value is -0.0800. The van der Waals surface area contributed by atoms with Gasteiger partial charge in [-0.25, -0.2) is 0 Å². The van der Waals surface area contributed by atoms with Gasteiger partial charge in [0.05, 0.1) is 19.3 Å². The van der Waals surface area contributed by atoms with E-state index in [0.29, 0.717) is 11.8 Å². The van der Waals surface area contributed by atoms with Crippen LogP contribution in [0.3, 0.4) is 0 Å². The molecule has 1 heterocycles. The van der Waals surface area contributed by atoms with Crippen molar-refractivity contribution in [2.24, 2.45) is 23.7 Å². The van der Waals surface area contributed by atoms with E-state index in [4.69, 9.17) is 4.74 Å². The number of hydrogen-bond donors (Lipinski definition) is 1. The van der Waals surface area contributed by atoms with Crippen molar-refractivity contribution in [1.29, 1.82) is 0 Å². The molecule has 2 unspecified atom stereocenters. The van der Waals surface area contributed by atoms with E-state index in [-0.39, 0.29) is 6.10 Å². The fraction of sp³-hybridized carbons (Fsp3) is 1.00. The Morgan fingerprint density at radius 3 is 2.15 bits per heavy atom. The van der Waals surface area contributed by atoms with E-state index in [1.165, 1.54) is 0 Å². The Morgan fingerprint density at radius 1 is 1.15 bits per heavy atom. The van der Waals surface area contributed by atoms with Gasteiger partial charge in [0.25, 0.3) is 0 Å². The van der Waals surface area contributed by atoms with E-state index in [2.05, 4.69) is 13.8 Å². The maximum atomic E-state index is 9.91.